The Morgan fingerprint density at radius 3 is 2.44 bits per heavy atom. The second kappa shape index (κ2) is 4.18. The van der Waals surface area contributed by atoms with Gasteiger partial charge in [0.1, 0.15) is 23.7 Å². The summed E-state index contributed by atoms with van der Waals surface area (Å²) in [5.74, 6) is 0. The molecule has 0 spiro atoms. The molecule has 0 bridgehead atoms. The summed E-state index contributed by atoms with van der Waals surface area (Å²) in [4.78, 5) is 13.6. The van der Waals surface area contributed by atoms with Gasteiger partial charge in [0.05, 0.1) is 10.8 Å². The van der Waals surface area contributed by atoms with Gasteiger partial charge in [-0.1, -0.05) is 12.1 Å². The fourth-order valence-electron chi connectivity index (χ4n) is 2.04. The number of fused-ring (bicyclic) bond motifs is 2. The number of para-hydroxylation sites is 1. The molecular weight excluding hydrogens is 244 g/mol. The predicted molar refractivity (Wildman–Crippen MR) is 77.5 cm³/mol. The highest BCUT2D eigenvalue weighted by Gasteiger charge is 2.13. The van der Waals surface area contributed by atoms with E-state index in [-0.39, 0.29) is 16.3 Å². The van der Waals surface area contributed by atoms with Crippen LogP contribution in [0.2, 0.25) is 0 Å². The Bertz CT molecular complexity index is 787. The van der Waals surface area contributed by atoms with Crippen molar-refractivity contribution in [2.45, 2.75) is 4.90 Å². The molecule has 0 aliphatic carbocycles. The van der Waals surface area contributed by atoms with E-state index in [2.05, 4.69) is 12.5 Å². The molecule has 0 radical (unpaired) electrons. The molecule has 0 atom stereocenters. The van der Waals surface area contributed by atoms with E-state index in [1.165, 1.54) is 4.90 Å². The van der Waals surface area contributed by atoms with Crippen LogP contribution in [0.15, 0.2) is 56.6 Å². The third kappa shape index (κ3) is 1.71. The second-order valence-corrected chi connectivity index (χ2v) is 6.51. The van der Waals surface area contributed by atoms with Crippen molar-refractivity contribution in [3.05, 3.63) is 52.7 Å². The Morgan fingerprint density at radius 2 is 1.67 bits per heavy atom. The fourth-order valence-corrected chi connectivity index (χ4v) is 2.73. The van der Waals surface area contributed by atoms with Gasteiger partial charge in [0.15, 0.2) is 4.90 Å². The molecule has 0 saturated heterocycles. The van der Waals surface area contributed by atoms with Gasteiger partial charge < -0.3 is 4.42 Å². The van der Waals surface area contributed by atoms with Crippen LogP contribution in [0.4, 0.5) is 0 Å². The zero-order valence-electron chi connectivity index (χ0n) is 10.3. The highest BCUT2D eigenvalue weighted by atomic mass is 32.2. The SMILES string of the molecule is C[S+](C)c1ccc2oc3ccccc3c(=O)c2c1. The molecule has 90 valence electrons. The molecule has 0 fully saturated rings. The molecule has 1 heterocycles. The summed E-state index contributed by atoms with van der Waals surface area (Å²) in [5.41, 5.74) is 1.36. The first-order chi connectivity index (χ1) is 8.66. The summed E-state index contributed by atoms with van der Waals surface area (Å²) in [7, 11) is 0.142. The maximum atomic E-state index is 12.4. The molecular formula is C15H13O2S+. The molecule has 2 aromatic carbocycles. The average Bonchev–Trinajstić information content (AvgIpc) is 2.38. The van der Waals surface area contributed by atoms with Gasteiger partial charge in [-0.3, -0.25) is 4.79 Å². The minimum absolute atomic E-state index is 0.0548. The highest BCUT2D eigenvalue weighted by molar-refractivity contribution is 7.95. The maximum Gasteiger partial charge on any atom is 0.200 e. The molecule has 0 aliphatic heterocycles. The fraction of sp³-hybridized carbons (Fsp3) is 0.133. The van der Waals surface area contributed by atoms with Crippen LogP contribution in [0, 0.1) is 0 Å². The van der Waals surface area contributed by atoms with Gasteiger partial charge in [-0.15, -0.1) is 0 Å². The van der Waals surface area contributed by atoms with Gasteiger partial charge in [0, 0.05) is 17.0 Å². The number of benzene rings is 2. The summed E-state index contributed by atoms with van der Waals surface area (Å²) in [6, 6.07) is 13.3. The molecule has 0 N–H and O–H groups in total. The van der Waals surface area contributed by atoms with Crippen LogP contribution in [0.25, 0.3) is 21.9 Å². The molecule has 2 nitrogen and oxygen atoms in total. The first kappa shape index (κ1) is 11.4. The van der Waals surface area contributed by atoms with Gasteiger partial charge in [-0.05, 0) is 24.3 Å². The van der Waals surface area contributed by atoms with Crippen molar-refractivity contribution in [3.8, 4) is 0 Å². The lowest BCUT2D eigenvalue weighted by molar-refractivity contribution is 0.659. The largest absolute Gasteiger partial charge is 0.456 e. The lowest BCUT2D eigenvalue weighted by atomic mass is 10.1. The smallest absolute Gasteiger partial charge is 0.200 e. The predicted octanol–water partition coefficient (Wildman–Crippen LogP) is 3.18. The molecule has 1 aromatic heterocycles. The van der Waals surface area contributed by atoms with Gasteiger partial charge in [0.2, 0.25) is 5.43 Å². The molecule has 18 heavy (non-hydrogen) atoms. The highest BCUT2D eigenvalue weighted by Crippen LogP contribution is 2.21. The van der Waals surface area contributed by atoms with Crippen molar-refractivity contribution in [1.82, 2.24) is 0 Å². The van der Waals surface area contributed by atoms with Gasteiger partial charge in [-0.25, -0.2) is 0 Å². The quantitative estimate of drug-likeness (QED) is 0.495. The monoisotopic (exact) mass is 257 g/mol. The zero-order valence-corrected chi connectivity index (χ0v) is 11.1. The first-order valence-corrected chi connectivity index (χ1v) is 7.74. The Hall–Kier alpha value is -1.74. The van der Waals surface area contributed by atoms with Crippen LogP contribution >= 0.6 is 0 Å². The summed E-state index contributed by atoms with van der Waals surface area (Å²) < 4.78 is 5.76. The Balaban J connectivity index is 2.45. The Morgan fingerprint density at radius 1 is 0.944 bits per heavy atom. The van der Waals surface area contributed by atoms with Crippen molar-refractivity contribution in [3.63, 3.8) is 0 Å². The van der Waals surface area contributed by atoms with Crippen molar-refractivity contribution in [2.24, 2.45) is 0 Å². The lowest BCUT2D eigenvalue weighted by Gasteiger charge is -2.02. The van der Waals surface area contributed by atoms with Crippen LogP contribution in [-0.2, 0) is 10.9 Å². The van der Waals surface area contributed by atoms with E-state index in [9.17, 15) is 4.79 Å². The summed E-state index contributed by atoms with van der Waals surface area (Å²) in [6.45, 7) is 0. The third-order valence-corrected chi connectivity index (χ3v) is 4.22. The molecule has 0 saturated carbocycles. The zero-order chi connectivity index (χ0) is 12.7. The van der Waals surface area contributed by atoms with Crippen LogP contribution in [0.3, 0.4) is 0 Å². The maximum absolute atomic E-state index is 12.4. The molecule has 3 heteroatoms. The second-order valence-electron chi connectivity index (χ2n) is 4.40. The molecule has 0 aliphatic rings. The Labute approximate surface area is 108 Å². The molecule has 3 aromatic rings. The Kier molecular flexibility index (Phi) is 2.63. The van der Waals surface area contributed by atoms with E-state index in [1.54, 1.807) is 0 Å². The van der Waals surface area contributed by atoms with Crippen molar-refractivity contribution in [1.29, 1.82) is 0 Å². The van der Waals surface area contributed by atoms with Gasteiger partial charge in [-0.2, -0.15) is 0 Å². The third-order valence-electron chi connectivity index (χ3n) is 3.02. The lowest BCUT2D eigenvalue weighted by Crippen LogP contribution is -2.04. The van der Waals surface area contributed by atoms with E-state index in [0.29, 0.717) is 21.9 Å². The summed E-state index contributed by atoms with van der Waals surface area (Å²) >= 11 is 0. The van der Waals surface area contributed by atoms with E-state index in [1.807, 2.05) is 42.5 Å². The van der Waals surface area contributed by atoms with E-state index in [4.69, 9.17) is 4.42 Å². The number of hydrogen-bond acceptors (Lipinski definition) is 2. The van der Waals surface area contributed by atoms with Crippen LogP contribution in [0.5, 0.6) is 0 Å². The summed E-state index contributed by atoms with van der Waals surface area (Å²) in [6.07, 6.45) is 4.29. The average molecular weight is 257 g/mol. The normalized spacial score (nSPS) is 11.5. The van der Waals surface area contributed by atoms with Crippen LogP contribution < -0.4 is 5.43 Å². The first-order valence-electron chi connectivity index (χ1n) is 5.70. The molecule has 0 unspecified atom stereocenters. The van der Waals surface area contributed by atoms with Gasteiger partial charge >= 0.3 is 0 Å². The van der Waals surface area contributed by atoms with Crippen LogP contribution in [-0.4, -0.2) is 12.5 Å². The molecule has 3 rings (SSSR count). The van der Waals surface area contributed by atoms with E-state index in [0.717, 1.165) is 0 Å². The van der Waals surface area contributed by atoms with Crippen molar-refractivity contribution < 1.29 is 4.42 Å². The topological polar surface area (TPSA) is 30.2 Å². The van der Waals surface area contributed by atoms with Gasteiger partial charge in [0.25, 0.3) is 0 Å². The minimum Gasteiger partial charge on any atom is -0.456 e. The molecule has 0 amide bonds. The standard InChI is InChI=1S/C15H13O2S/c1-18(2)10-7-8-14-12(9-10)15(16)11-5-3-4-6-13(11)17-14/h3-9H,1-2H3/q+1. The van der Waals surface area contributed by atoms with Crippen molar-refractivity contribution in [2.75, 3.05) is 12.5 Å². The van der Waals surface area contributed by atoms with E-state index >= 15 is 0 Å². The number of hydrogen-bond donors (Lipinski definition) is 0. The summed E-state index contributed by atoms with van der Waals surface area (Å²) in [5, 5.41) is 1.32. The van der Waals surface area contributed by atoms with E-state index < -0.39 is 0 Å². The minimum atomic E-state index is 0.0548. The number of rotatable bonds is 1. The van der Waals surface area contributed by atoms with Crippen molar-refractivity contribution >= 4 is 32.8 Å². The van der Waals surface area contributed by atoms with Crippen LogP contribution in [0.1, 0.15) is 0 Å².